The number of rotatable bonds is 11. The zero-order valence-corrected chi connectivity index (χ0v) is 22.4. The van der Waals surface area contributed by atoms with Crippen molar-refractivity contribution in [3.05, 3.63) is 95.0 Å². The molecule has 0 heterocycles. The van der Waals surface area contributed by atoms with Crippen LogP contribution in [-0.4, -0.2) is 58.5 Å². The zero-order valence-electron chi connectivity index (χ0n) is 20.0. The molecule has 0 aliphatic heterocycles. The summed E-state index contributed by atoms with van der Waals surface area (Å²) in [5, 5.41) is 3.12. The molecule has 3 rings (SSSR count). The van der Waals surface area contributed by atoms with Crippen LogP contribution in [0.15, 0.2) is 88.7 Å². The lowest BCUT2D eigenvalue weighted by Gasteiger charge is -2.22. The van der Waals surface area contributed by atoms with Crippen LogP contribution in [-0.2, 0) is 37.8 Å². The number of carbonyl (C=O) groups is 1. The summed E-state index contributed by atoms with van der Waals surface area (Å²) in [6.07, 6.45) is 0.433. The minimum atomic E-state index is -3.95. The van der Waals surface area contributed by atoms with E-state index in [1.807, 2.05) is 30.3 Å². The number of nitrogens with one attached hydrogen (secondary N) is 1. The van der Waals surface area contributed by atoms with Gasteiger partial charge in [-0.2, -0.15) is 4.31 Å². The van der Waals surface area contributed by atoms with Crippen molar-refractivity contribution in [2.75, 3.05) is 27.2 Å². The molecule has 192 valence electrons. The van der Waals surface area contributed by atoms with E-state index in [0.717, 1.165) is 14.2 Å². The van der Waals surface area contributed by atoms with Gasteiger partial charge in [-0.05, 0) is 53.9 Å². The van der Waals surface area contributed by atoms with Gasteiger partial charge in [-0.3, -0.25) is 4.79 Å². The molecule has 0 atom stereocenters. The minimum Gasteiger partial charge on any atom is -0.351 e. The third-order valence-electron chi connectivity index (χ3n) is 5.46. The topological polar surface area (TPSA) is 104 Å². The predicted octanol–water partition coefficient (Wildman–Crippen LogP) is 3.14. The smallest absolute Gasteiger partial charge is 0.243 e. The monoisotopic (exact) mass is 549 g/mol. The molecule has 3 aromatic carbocycles. The maximum Gasteiger partial charge on any atom is 0.243 e. The van der Waals surface area contributed by atoms with Gasteiger partial charge in [-0.15, -0.1) is 0 Å². The Hall–Kier alpha value is -2.76. The molecular formula is C25H28ClN3O5S2. The number of nitrogens with zero attached hydrogens (tertiary/aromatic N) is 2. The van der Waals surface area contributed by atoms with Crippen molar-refractivity contribution in [1.29, 1.82) is 0 Å². The van der Waals surface area contributed by atoms with Crippen LogP contribution < -0.4 is 5.32 Å². The lowest BCUT2D eigenvalue weighted by Crippen LogP contribution is -2.41. The molecule has 3 aromatic rings. The van der Waals surface area contributed by atoms with Crippen molar-refractivity contribution >= 4 is 37.6 Å². The third kappa shape index (κ3) is 7.14. The van der Waals surface area contributed by atoms with Gasteiger partial charge in [0.25, 0.3) is 0 Å². The predicted molar refractivity (Wildman–Crippen MR) is 140 cm³/mol. The first kappa shape index (κ1) is 27.8. The van der Waals surface area contributed by atoms with Crippen LogP contribution in [0.25, 0.3) is 0 Å². The molecule has 36 heavy (non-hydrogen) atoms. The Labute approximate surface area is 217 Å². The van der Waals surface area contributed by atoms with Gasteiger partial charge in [-0.25, -0.2) is 21.1 Å². The summed E-state index contributed by atoms with van der Waals surface area (Å²) in [5.74, 6) is -0.481. The average Bonchev–Trinajstić information content (AvgIpc) is 2.86. The molecule has 0 aliphatic rings. The van der Waals surface area contributed by atoms with Crippen LogP contribution in [0.1, 0.15) is 11.1 Å². The second-order valence-corrected chi connectivity index (χ2v) is 12.8. The zero-order chi connectivity index (χ0) is 26.3. The quantitative estimate of drug-likeness (QED) is 0.396. The molecule has 0 aromatic heterocycles. The molecule has 0 bridgehead atoms. The Morgan fingerprint density at radius 2 is 1.33 bits per heavy atom. The molecule has 8 nitrogen and oxygen atoms in total. The van der Waals surface area contributed by atoms with Crippen LogP contribution >= 0.6 is 11.6 Å². The number of halogens is 1. The Bertz CT molecular complexity index is 1380. The first-order chi connectivity index (χ1) is 17.0. The van der Waals surface area contributed by atoms with E-state index in [4.69, 9.17) is 11.6 Å². The van der Waals surface area contributed by atoms with E-state index >= 15 is 0 Å². The van der Waals surface area contributed by atoms with Crippen molar-refractivity contribution < 1.29 is 21.6 Å². The normalized spacial score (nSPS) is 12.1. The van der Waals surface area contributed by atoms with Crippen LogP contribution in [0, 0.1) is 0 Å². The van der Waals surface area contributed by atoms with Gasteiger partial charge in [0, 0.05) is 32.2 Å². The van der Waals surface area contributed by atoms with Crippen molar-refractivity contribution in [2.24, 2.45) is 0 Å². The number of carbonyl (C=O) groups excluding carboxylic acids is 1. The first-order valence-electron chi connectivity index (χ1n) is 11.1. The van der Waals surface area contributed by atoms with E-state index in [1.165, 1.54) is 50.5 Å². The molecule has 11 heteroatoms. The molecule has 0 unspecified atom stereocenters. The minimum absolute atomic E-state index is 0.0467. The van der Waals surface area contributed by atoms with Crippen LogP contribution in [0.5, 0.6) is 0 Å². The van der Waals surface area contributed by atoms with Crippen molar-refractivity contribution in [3.8, 4) is 0 Å². The summed E-state index contributed by atoms with van der Waals surface area (Å²) < 4.78 is 53.3. The van der Waals surface area contributed by atoms with Gasteiger partial charge in [0.1, 0.15) is 0 Å². The fourth-order valence-corrected chi connectivity index (χ4v) is 5.77. The van der Waals surface area contributed by atoms with Crippen LogP contribution in [0.3, 0.4) is 0 Å². The molecule has 0 radical (unpaired) electrons. The fourth-order valence-electron chi connectivity index (χ4n) is 3.35. The van der Waals surface area contributed by atoms with Crippen LogP contribution in [0.2, 0.25) is 5.02 Å². The van der Waals surface area contributed by atoms with Crippen molar-refractivity contribution in [1.82, 2.24) is 13.9 Å². The Kier molecular flexibility index (Phi) is 9.26. The summed E-state index contributed by atoms with van der Waals surface area (Å²) in [4.78, 5) is 12.9. The standard InChI is InChI=1S/C25H28ClN3O5S2/c1-28(2)35(31,32)23-12-8-21(9-13-23)18-27-25(30)19-29(17-16-20-6-4-3-5-7-20)36(33,34)24-14-10-22(26)11-15-24/h3-15H,16-19H2,1-2H3,(H,27,30). The van der Waals surface area contributed by atoms with Gasteiger partial charge in [-0.1, -0.05) is 54.1 Å². The molecule has 1 N–H and O–H groups in total. The highest BCUT2D eigenvalue weighted by molar-refractivity contribution is 7.89. The lowest BCUT2D eigenvalue weighted by atomic mass is 10.1. The number of benzene rings is 3. The Morgan fingerprint density at radius 1 is 0.778 bits per heavy atom. The van der Waals surface area contributed by atoms with Crippen molar-refractivity contribution in [2.45, 2.75) is 22.8 Å². The number of hydrogen-bond acceptors (Lipinski definition) is 5. The Morgan fingerprint density at radius 3 is 1.92 bits per heavy atom. The molecule has 0 aliphatic carbocycles. The van der Waals surface area contributed by atoms with E-state index in [0.29, 0.717) is 17.0 Å². The van der Waals surface area contributed by atoms with Gasteiger partial charge in [0.05, 0.1) is 16.3 Å². The summed E-state index contributed by atoms with van der Waals surface area (Å²) in [6.45, 7) is -0.140. The highest BCUT2D eigenvalue weighted by Gasteiger charge is 2.26. The average molecular weight is 550 g/mol. The fraction of sp³-hybridized carbons (Fsp3) is 0.240. The van der Waals surface area contributed by atoms with Gasteiger partial charge in [0.2, 0.25) is 26.0 Å². The molecule has 0 spiro atoms. The van der Waals surface area contributed by atoms with Gasteiger partial charge < -0.3 is 5.32 Å². The van der Waals surface area contributed by atoms with E-state index in [9.17, 15) is 21.6 Å². The molecule has 0 fully saturated rings. The third-order valence-corrected chi connectivity index (χ3v) is 9.40. The second-order valence-electron chi connectivity index (χ2n) is 8.24. The largest absolute Gasteiger partial charge is 0.351 e. The number of sulfonamides is 2. The van der Waals surface area contributed by atoms with E-state index < -0.39 is 26.0 Å². The highest BCUT2D eigenvalue weighted by Crippen LogP contribution is 2.19. The SMILES string of the molecule is CN(C)S(=O)(=O)c1ccc(CNC(=O)CN(CCc2ccccc2)S(=O)(=O)c2ccc(Cl)cc2)cc1. The molecule has 0 saturated heterocycles. The van der Waals surface area contributed by atoms with Gasteiger partial charge in [0.15, 0.2) is 0 Å². The van der Waals surface area contributed by atoms with Crippen molar-refractivity contribution in [3.63, 3.8) is 0 Å². The summed E-state index contributed by atoms with van der Waals surface area (Å²) in [5.41, 5.74) is 1.62. The van der Waals surface area contributed by atoms with E-state index in [-0.39, 0.29) is 29.4 Å². The maximum absolute atomic E-state index is 13.3. The summed E-state index contributed by atoms with van der Waals surface area (Å²) in [6, 6.07) is 21.4. The molecular weight excluding hydrogens is 522 g/mol. The Balaban J connectivity index is 1.71. The molecule has 1 amide bonds. The van der Waals surface area contributed by atoms with Gasteiger partial charge >= 0.3 is 0 Å². The van der Waals surface area contributed by atoms with E-state index in [1.54, 1.807) is 12.1 Å². The second kappa shape index (κ2) is 12.0. The molecule has 0 saturated carbocycles. The highest BCUT2D eigenvalue weighted by atomic mass is 35.5. The summed E-state index contributed by atoms with van der Waals surface area (Å²) in [7, 11) is -4.61. The van der Waals surface area contributed by atoms with Crippen LogP contribution in [0.4, 0.5) is 0 Å². The number of hydrogen-bond donors (Lipinski definition) is 1. The summed E-state index contributed by atoms with van der Waals surface area (Å²) >= 11 is 5.91. The lowest BCUT2D eigenvalue weighted by molar-refractivity contribution is -0.121. The van der Waals surface area contributed by atoms with E-state index in [2.05, 4.69) is 5.32 Å². The maximum atomic E-state index is 13.3. The number of amides is 1. The first-order valence-corrected chi connectivity index (χ1v) is 14.3.